The van der Waals surface area contributed by atoms with Gasteiger partial charge in [-0.05, 0) is 61.4 Å². The first-order valence-corrected chi connectivity index (χ1v) is 8.77. The van der Waals surface area contributed by atoms with Crippen LogP contribution in [0.25, 0.3) is 0 Å². The number of hydrogen-bond acceptors (Lipinski definition) is 3. The molecule has 0 spiro atoms. The van der Waals surface area contributed by atoms with E-state index in [1.165, 1.54) is 17.5 Å². The summed E-state index contributed by atoms with van der Waals surface area (Å²) in [6, 6.07) is 15.2. The molecule has 1 atom stereocenters. The minimum Gasteiger partial charge on any atom is -0.452 e. The fourth-order valence-electron chi connectivity index (χ4n) is 3.18. The Balaban J connectivity index is 1.52. The Morgan fingerprint density at radius 2 is 1.76 bits per heavy atom. The predicted molar refractivity (Wildman–Crippen MR) is 96.4 cm³/mol. The number of benzene rings is 2. The second-order valence-electron chi connectivity index (χ2n) is 6.47. The van der Waals surface area contributed by atoms with Crippen molar-refractivity contribution in [1.29, 1.82) is 0 Å². The van der Waals surface area contributed by atoms with E-state index in [1.807, 2.05) is 49.4 Å². The van der Waals surface area contributed by atoms with Crippen molar-refractivity contribution in [2.24, 2.45) is 0 Å². The average Bonchev–Trinajstić information content (AvgIpc) is 2.66. The molecule has 2 aromatic carbocycles. The van der Waals surface area contributed by atoms with E-state index in [0.717, 1.165) is 24.8 Å². The molecule has 0 bridgehead atoms. The summed E-state index contributed by atoms with van der Waals surface area (Å²) in [4.78, 5) is 24.2. The van der Waals surface area contributed by atoms with E-state index in [-0.39, 0.29) is 18.6 Å². The second kappa shape index (κ2) is 7.97. The number of rotatable bonds is 5. The summed E-state index contributed by atoms with van der Waals surface area (Å²) in [7, 11) is 0. The van der Waals surface area contributed by atoms with Crippen LogP contribution in [0, 0.1) is 0 Å². The van der Waals surface area contributed by atoms with Gasteiger partial charge in [0, 0.05) is 0 Å². The lowest BCUT2D eigenvalue weighted by molar-refractivity contribution is -0.124. The van der Waals surface area contributed by atoms with Crippen molar-refractivity contribution in [1.82, 2.24) is 5.32 Å². The van der Waals surface area contributed by atoms with Gasteiger partial charge in [0.2, 0.25) is 0 Å². The number of carbonyl (C=O) groups excluding carboxylic acids is 2. The topological polar surface area (TPSA) is 55.4 Å². The fourth-order valence-corrected chi connectivity index (χ4v) is 3.18. The van der Waals surface area contributed by atoms with Gasteiger partial charge in [-0.1, -0.05) is 36.4 Å². The van der Waals surface area contributed by atoms with Crippen LogP contribution in [-0.4, -0.2) is 18.5 Å². The van der Waals surface area contributed by atoms with E-state index in [2.05, 4.69) is 5.32 Å². The van der Waals surface area contributed by atoms with Gasteiger partial charge in [0.05, 0.1) is 11.6 Å². The lowest BCUT2D eigenvalue weighted by Gasteiger charge is -2.16. The Labute approximate surface area is 148 Å². The summed E-state index contributed by atoms with van der Waals surface area (Å²) < 4.78 is 5.17. The lowest BCUT2D eigenvalue weighted by atomic mass is 9.90. The summed E-state index contributed by atoms with van der Waals surface area (Å²) in [5.41, 5.74) is 4.07. The zero-order chi connectivity index (χ0) is 17.6. The van der Waals surface area contributed by atoms with Gasteiger partial charge in [0.15, 0.2) is 6.61 Å². The summed E-state index contributed by atoms with van der Waals surface area (Å²) in [5.74, 6) is -0.751. The van der Waals surface area contributed by atoms with Crippen LogP contribution in [0.4, 0.5) is 0 Å². The Morgan fingerprint density at radius 1 is 1.04 bits per heavy atom. The van der Waals surface area contributed by atoms with Crippen LogP contribution in [0.5, 0.6) is 0 Å². The average molecular weight is 337 g/mol. The number of fused-ring (bicyclic) bond motifs is 1. The molecular formula is C21H23NO3. The molecule has 0 fully saturated rings. The Hall–Kier alpha value is -2.62. The van der Waals surface area contributed by atoms with Gasteiger partial charge in [-0.2, -0.15) is 0 Å². The van der Waals surface area contributed by atoms with Crippen molar-refractivity contribution in [2.45, 2.75) is 38.6 Å². The van der Waals surface area contributed by atoms with Crippen molar-refractivity contribution in [2.75, 3.05) is 6.61 Å². The van der Waals surface area contributed by atoms with Crippen LogP contribution in [0.1, 0.15) is 52.9 Å². The van der Waals surface area contributed by atoms with Gasteiger partial charge in [0.1, 0.15) is 0 Å². The molecule has 4 nitrogen and oxygen atoms in total. The summed E-state index contributed by atoms with van der Waals surface area (Å²) in [6.07, 6.45) is 4.44. The largest absolute Gasteiger partial charge is 0.452 e. The molecule has 2 aromatic rings. The van der Waals surface area contributed by atoms with E-state index in [4.69, 9.17) is 4.74 Å². The molecule has 0 unspecified atom stereocenters. The number of amides is 1. The first-order valence-electron chi connectivity index (χ1n) is 8.77. The minimum atomic E-state index is -0.448. The number of carbonyl (C=O) groups is 2. The molecule has 3 rings (SSSR count). The SMILES string of the molecule is C[C@H](NC(=O)COC(=O)c1ccc2c(c1)CCCC2)c1ccccc1. The molecule has 0 saturated carbocycles. The van der Waals surface area contributed by atoms with Gasteiger partial charge in [-0.15, -0.1) is 0 Å². The molecule has 25 heavy (non-hydrogen) atoms. The fraction of sp³-hybridized carbons (Fsp3) is 0.333. The molecule has 0 aliphatic heterocycles. The Kier molecular flexibility index (Phi) is 5.49. The van der Waals surface area contributed by atoms with Crippen molar-refractivity contribution in [3.05, 3.63) is 70.8 Å². The second-order valence-corrected chi connectivity index (χ2v) is 6.47. The number of hydrogen-bond donors (Lipinski definition) is 1. The molecule has 0 saturated heterocycles. The van der Waals surface area contributed by atoms with E-state index in [0.29, 0.717) is 5.56 Å². The molecule has 1 aliphatic carbocycles. The molecule has 4 heteroatoms. The predicted octanol–water partition coefficient (Wildman–Crippen LogP) is 3.60. The van der Waals surface area contributed by atoms with Gasteiger partial charge < -0.3 is 10.1 Å². The van der Waals surface area contributed by atoms with Crippen molar-refractivity contribution < 1.29 is 14.3 Å². The maximum atomic E-state index is 12.2. The first-order chi connectivity index (χ1) is 12.1. The molecule has 1 N–H and O–H groups in total. The summed E-state index contributed by atoms with van der Waals surface area (Å²) in [6.45, 7) is 1.63. The summed E-state index contributed by atoms with van der Waals surface area (Å²) in [5, 5.41) is 2.84. The molecule has 130 valence electrons. The van der Waals surface area contributed by atoms with Gasteiger partial charge in [-0.3, -0.25) is 4.79 Å². The van der Waals surface area contributed by atoms with Crippen LogP contribution in [0.2, 0.25) is 0 Å². The van der Waals surface area contributed by atoms with Crippen LogP contribution in [0.15, 0.2) is 48.5 Å². The third kappa shape index (κ3) is 4.47. The maximum Gasteiger partial charge on any atom is 0.338 e. The van der Waals surface area contributed by atoms with Crippen LogP contribution >= 0.6 is 0 Å². The number of esters is 1. The standard InChI is InChI=1S/C21H23NO3/c1-15(16-7-3-2-4-8-16)22-20(23)14-25-21(24)19-12-11-17-9-5-6-10-18(17)13-19/h2-4,7-8,11-13,15H,5-6,9-10,14H2,1H3,(H,22,23)/t15-/m0/s1. The molecular weight excluding hydrogens is 314 g/mol. The highest BCUT2D eigenvalue weighted by Crippen LogP contribution is 2.22. The Bertz CT molecular complexity index is 755. The monoisotopic (exact) mass is 337 g/mol. The Morgan fingerprint density at radius 3 is 2.52 bits per heavy atom. The molecule has 1 aliphatic rings. The van der Waals surface area contributed by atoms with Crippen LogP contribution in [0.3, 0.4) is 0 Å². The molecule has 0 heterocycles. The quantitative estimate of drug-likeness (QED) is 0.848. The molecule has 0 radical (unpaired) electrons. The zero-order valence-electron chi connectivity index (χ0n) is 14.5. The highest BCUT2D eigenvalue weighted by Gasteiger charge is 2.16. The summed E-state index contributed by atoms with van der Waals surface area (Å²) >= 11 is 0. The molecule has 0 aromatic heterocycles. The van der Waals surface area contributed by atoms with Gasteiger partial charge in [0.25, 0.3) is 5.91 Å². The minimum absolute atomic E-state index is 0.129. The molecule has 1 amide bonds. The van der Waals surface area contributed by atoms with E-state index in [9.17, 15) is 9.59 Å². The van der Waals surface area contributed by atoms with Crippen molar-refractivity contribution in [3.63, 3.8) is 0 Å². The number of nitrogens with one attached hydrogen (secondary N) is 1. The highest BCUT2D eigenvalue weighted by molar-refractivity contribution is 5.91. The van der Waals surface area contributed by atoms with Crippen molar-refractivity contribution in [3.8, 4) is 0 Å². The van der Waals surface area contributed by atoms with E-state index < -0.39 is 5.97 Å². The number of aryl methyl sites for hydroxylation is 2. The third-order valence-electron chi connectivity index (χ3n) is 4.60. The normalized spacial score (nSPS) is 14.3. The van der Waals surface area contributed by atoms with Crippen molar-refractivity contribution >= 4 is 11.9 Å². The van der Waals surface area contributed by atoms with Crippen LogP contribution < -0.4 is 5.32 Å². The van der Waals surface area contributed by atoms with E-state index >= 15 is 0 Å². The van der Waals surface area contributed by atoms with Gasteiger partial charge in [-0.25, -0.2) is 4.79 Å². The van der Waals surface area contributed by atoms with Gasteiger partial charge >= 0.3 is 5.97 Å². The smallest absolute Gasteiger partial charge is 0.338 e. The zero-order valence-corrected chi connectivity index (χ0v) is 14.5. The maximum absolute atomic E-state index is 12.2. The number of ether oxygens (including phenoxy) is 1. The van der Waals surface area contributed by atoms with E-state index in [1.54, 1.807) is 6.07 Å². The lowest BCUT2D eigenvalue weighted by Crippen LogP contribution is -2.31. The third-order valence-corrected chi connectivity index (χ3v) is 4.60. The van der Waals surface area contributed by atoms with Crippen LogP contribution in [-0.2, 0) is 22.4 Å². The highest BCUT2D eigenvalue weighted by atomic mass is 16.5. The first kappa shape index (κ1) is 17.2.